The number of carbonyl (C=O) groups is 2. The summed E-state index contributed by atoms with van der Waals surface area (Å²) in [6, 6.07) is 18.5. The molecule has 1 saturated carbocycles. The van der Waals surface area contributed by atoms with Crippen LogP contribution in [0.1, 0.15) is 41.6 Å². The number of methoxy groups -OCH3 is 1. The van der Waals surface area contributed by atoms with Gasteiger partial charge in [0.1, 0.15) is 11.5 Å². The van der Waals surface area contributed by atoms with Crippen LogP contribution in [0.5, 0.6) is 11.5 Å². The molecular weight excluding hydrogens is 518 g/mol. The van der Waals surface area contributed by atoms with Crippen LogP contribution >= 0.6 is 0 Å². The Morgan fingerprint density at radius 1 is 0.949 bits per heavy atom. The Labute approximate surface area is 228 Å². The lowest BCUT2D eigenvalue weighted by molar-refractivity contribution is -0.118. The maximum Gasteiger partial charge on any atom is 0.262 e. The number of nitrogens with one attached hydrogen (secondary N) is 2. The highest BCUT2D eigenvalue weighted by atomic mass is 32.2. The first-order valence-corrected chi connectivity index (χ1v) is 14.4. The highest BCUT2D eigenvalue weighted by molar-refractivity contribution is 7.89. The van der Waals surface area contributed by atoms with Gasteiger partial charge >= 0.3 is 0 Å². The lowest BCUT2D eigenvalue weighted by Crippen LogP contribution is -2.32. The van der Waals surface area contributed by atoms with E-state index in [4.69, 9.17) is 9.47 Å². The highest BCUT2D eigenvalue weighted by Gasteiger charge is 2.26. The van der Waals surface area contributed by atoms with Gasteiger partial charge in [-0.25, -0.2) is 13.1 Å². The summed E-state index contributed by atoms with van der Waals surface area (Å²) < 4.78 is 38.6. The van der Waals surface area contributed by atoms with Crippen LogP contribution in [0.15, 0.2) is 71.6 Å². The number of amides is 2. The maximum absolute atomic E-state index is 13.1. The number of ether oxygens (including phenoxy) is 2. The van der Waals surface area contributed by atoms with Crippen molar-refractivity contribution < 1.29 is 27.5 Å². The van der Waals surface area contributed by atoms with E-state index in [0.717, 1.165) is 43.4 Å². The Balaban J connectivity index is 1.17. The first kappa shape index (κ1) is 26.7. The van der Waals surface area contributed by atoms with Gasteiger partial charge in [0.25, 0.3) is 11.8 Å². The van der Waals surface area contributed by atoms with Gasteiger partial charge in [0, 0.05) is 29.5 Å². The third kappa shape index (κ3) is 6.23. The van der Waals surface area contributed by atoms with Crippen LogP contribution in [-0.2, 0) is 21.2 Å². The third-order valence-corrected chi connectivity index (χ3v) is 8.56. The van der Waals surface area contributed by atoms with Crippen molar-refractivity contribution in [3.05, 3.63) is 77.9 Å². The normalized spacial score (nSPS) is 15.2. The number of benzene rings is 3. The summed E-state index contributed by atoms with van der Waals surface area (Å²) in [6.07, 6.45) is 4.52. The number of nitrogens with zero attached hydrogens (tertiary/aromatic N) is 1. The number of sulfonamides is 1. The van der Waals surface area contributed by atoms with Crippen molar-refractivity contribution in [2.45, 2.75) is 43.0 Å². The van der Waals surface area contributed by atoms with E-state index in [1.54, 1.807) is 48.4 Å². The molecule has 39 heavy (non-hydrogen) atoms. The van der Waals surface area contributed by atoms with Crippen LogP contribution in [0.2, 0.25) is 0 Å². The number of fused-ring (bicyclic) bond motifs is 1. The van der Waals surface area contributed by atoms with Gasteiger partial charge in [0.15, 0.2) is 6.61 Å². The molecule has 0 atom stereocenters. The number of hydrogen-bond acceptors (Lipinski definition) is 6. The van der Waals surface area contributed by atoms with E-state index in [1.807, 2.05) is 6.07 Å². The lowest BCUT2D eigenvalue weighted by atomic mass is 10.1. The largest absolute Gasteiger partial charge is 0.497 e. The molecule has 0 saturated heterocycles. The first-order valence-electron chi connectivity index (χ1n) is 13.0. The predicted molar refractivity (Wildman–Crippen MR) is 148 cm³/mol. The SMILES string of the molecule is COc1ccc(C(=O)N2CCc3ccc(NC(=O)COc4ccc(S(=O)(=O)NC5CCCC5)cc4)cc32)cc1. The number of carbonyl (C=O) groups excluding carboxylic acids is 2. The summed E-state index contributed by atoms with van der Waals surface area (Å²) in [7, 11) is -2.01. The van der Waals surface area contributed by atoms with Crippen molar-refractivity contribution >= 4 is 33.2 Å². The summed E-state index contributed by atoms with van der Waals surface area (Å²) in [5, 5.41) is 2.81. The molecule has 2 aliphatic rings. The van der Waals surface area contributed by atoms with Crippen LogP contribution < -0.4 is 24.4 Å². The van der Waals surface area contributed by atoms with E-state index in [-0.39, 0.29) is 29.4 Å². The van der Waals surface area contributed by atoms with E-state index < -0.39 is 10.0 Å². The second-order valence-electron chi connectivity index (χ2n) is 9.69. The van der Waals surface area contributed by atoms with Crippen molar-refractivity contribution in [3.63, 3.8) is 0 Å². The Hall–Kier alpha value is -3.89. The minimum Gasteiger partial charge on any atom is -0.497 e. The molecule has 2 amide bonds. The van der Waals surface area contributed by atoms with E-state index >= 15 is 0 Å². The average Bonchev–Trinajstić information content (AvgIpc) is 3.61. The smallest absolute Gasteiger partial charge is 0.262 e. The molecule has 0 spiro atoms. The monoisotopic (exact) mass is 549 g/mol. The molecule has 1 heterocycles. The van der Waals surface area contributed by atoms with Crippen molar-refractivity contribution in [2.75, 3.05) is 30.5 Å². The molecule has 0 bridgehead atoms. The second-order valence-corrected chi connectivity index (χ2v) is 11.4. The van der Waals surface area contributed by atoms with Crippen molar-refractivity contribution in [3.8, 4) is 11.5 Å². The summed E-state index contributed by atoms with van der Waals surface area (Å²) in [5.74, 6) is 0.570. The fourth-order valence-corrected chi connectivity index (χ4v) is 6.25. The minimum absolute atomic E-state index is 0.0125. The minimum atomic E-state index is -3.59. The molecule has 0 unspecified atom stereocenters. The van der Waals surface area contributed by atoms with Crippen LogP contribution in [-0.4, -0.2) is 46.5 Å². The van der Waals surface area contributed by atoms with Crippen LogP contribution in [0.25, 0.3) is 0 Å². The molecule has 5 rings (SSSR count). The molecule has 10 heteroatoms. The van der Waals surface area contributed by atoms with E-state index in [1.165, 1.54) is 24.3 Å². The summed E-state index contributed by atoms with van der Waals surface area (Å²) in [4.78, 5) is 27.6. The molecule has 3 aromatic carbocycles. The number of rotatable bonds is 9. The Bertz CT molecular complexity index is 1450. The number of hydrogen-bond donors (Lipinski definition) is 2. The topological polar surface area (TPSA) is 114 Å². The molecule has 2 N–H and O–H groups in total. The third-order valence-electron chi connectivity index (χ3n) is 7.03. The quantitative estimate of drug-likeness (QED) is 0.415. The van der Waals surface area contributed by atoms with Crippen molar-refractivity contribution in [1.29, 1.82) is 0 Å². The molecule has 0 aromatic heterocycles. The Morgan fingerprint density at radius 3 is 2.33 bits per heavy atom. The fourth-order valence-electron chi connectivity index (χ4n) is 4.95. The van der Waals surface area contributed by atoms with Gasteiger partial charge in [0.2, 0.25) is 10.0 Å². The average molecular weight is 550 g/mol. The number of anilines is 2. The van der Waals surface area contributed by atoms with E-state index in [0.29, 0.717) is 29.3 Å². The standard InChI is InChI=1S/C29H31N3O6S/c1-37-24-10-7-21(8-11-24)29(34)32-17-16-20-6-9-23(18-27(20)32)30-28(33)19-38-25-12-14-26(15-13-25)39(35,36)31-22-4-2-3-5-22/h6-15,18,22,31H,2-5,16-17,19H2,1H3,(H,30,33). The molecule has 204 valence electrons. The van der Waals surface area contributed by atoms with Gasteiger partial charge < -0.3 is 19.7 Å². The summed E-state index contributed by atoms with van der Waals surface area (Å²) in [6.45, 7) is 0.306. The molecule has 9 nitrogen and oxygen atoms in total. The predicted octanol–water partition coefficient (Wildman–Crippen LogP) is 4.14. The molecule has 1 aliphatic heterocycles. The molecule has 0 radical (unpaired) electrons. The molecular formula is C29H31N3O6S. The maximum atomic E-state index is 13.1. The molecule has 3 aromatic rings. The van der Waals surface area contributed by atoms with Gasteiger partial charge in [-0.15, -0.1) is 0 Å². The molecule has 1 fully saturated rings. The van der Waals surface area contributed by atoms with Crippen LogP contribution in [0.4, 0.5) is 11.4 Å². The van der Waals surface area contributed by atoms with Gasteiger partial charge in [-0.1, -0.05) is 18.9 Å². The van der Waals surface area contributed by atoms with Crippen LogP contribution in [0, 0.1) is 0 Å². The second kappa shape index (κ2) is 11.5. The first-order chi connectivity index (χ1) is 18.8. The zero-order chi connectivity index (χ0) is 27.4. The highest BCUT2D eigenvalue weighted by Crippen LogP contribution is 2.32. The van der Waals surface area contributed by atoms with Crippen molar-refractivity contribution in [2.24, 2.45) is 0 Å². The Kier molecular flexibility index (Phi) is 7.85. The van der Waals surface area contributed by atoms with Gasteiger partial charge in [0.05, 0.1) is 12.0 Å². The Morgan fingerprint density at radius 2 is 1.64 bits per heavy atom. The van der Waals surface area contributed by atoms with Gasteiger partial charge in [-0.2, -0.15) is 0 Å². The summed E-state index contributed by atoms with van der Waals surface area (Å²) >= 11 is 0. The lowest BCUT2D eigenvalue weighted by Gasteiger charge is -2.18. The zero-order valence-corrected chi connectivity index (χ0v) is 22.5. The zero-order valence-electron chi connectivity index (χ0n) is 21.7. The van der Waals surface area contributed by atoms with E-state index in [2.05, 4.69) is 10.0 Å². The van der Waals surface area contributed by atoms with E-state index in [9.17, 15) is 18.0 Å². The summed E-state index contributed by atoms with van der Waals surface area (Å²) in [5.41, 5.74) is 2.90. The van der Waals surface area contributed by atoms with Crippen molar-refractivity contribution in [1.82, 2.24) is 4.72 Å². The van der Waals surface area contributed by atoms with Crippen LogP contribution in [0.3, 0.4) is 0 Å². The van der Waals surface area contributed by atoms with Gasteiger partial charge in [-0.05, 0) is 85.5 Å². The fraction of sp³-hybridized carbons (Fsp3) is 0.310. The molecule has 1 aliphatic carbocycles. The van der Waals surface area contributed by atoms with Gasteiger partial charge in [-0.3, -0.25) is 9.59 Å².